The van der Waals surface area contributed by atoms with Crippen molar-refractivity contribution in [3.05, 3.63) is 52.0 Å². The lowest BCUT2D eigenvalue weighted by atomic mass is 10.2. The van der Waals surface area contributed by atoms with Gasteiger partial charge in [-0.15, -0.1) is 0 Å². The summed E-state index contributed by atoms with van der Waals surface area (Å²) in [6.45, 7) is 1.47. The number of benzene rings is 2. The molecule has 0 spiro atoms. The number of ether oxygens (including phenoxy) is 3. The molecule has 0 heterocycles. The SMILES string of the molecule is CNCc1ccc(OC)c(OCCOc2cc(Cl)ccc2Cl)c1. The van der Waals surface area contributed by atoms with Gasteiger partial charge in [-0.1, -0.05) is 29.3 Å². The van der Waals surface area contributed by atoms with E-state index in [1.807, 2.05) is 25.2 Å². The molecule has 0 fully saturated rings. The summed E-state index contributed by atoms with van der Waals surface area (Å²) in [7, 11) is 3.51. The first-order chi connectivity index (χ1) is 11.1. The van der Waals surface area contributed by atoms with E-state index in [-0.39, 0.29) is 0 Å². The molecule has 23 heavy (non-hydrogen) atoms. The lowest BCUT2D eigenvalue weighted by molar-refractivity contribution is 0.211. The zero-order valence-electron chi connectivity index (χ0n) is 13.1. The molecule has 0 aromatic heterocycles. The molecule has 2 aromatic rings. The molecule has 0 saturated carbocycles. The van der Waals surface area contributed by atoms with Crippen molar-refractivity contribution in [2.45, 2.75) is 6.54 Å². The van der Waals surface area contributed by atoms with Crippen LogP contribution in [0.1, 0.15) is 5.56 Å². The van der Waals surface area contributed by atoms with Crippen LogP contribution in [0.15, 0.2) is 36.4 Å². The molecule has 0 aliphatic rings. The Labute approximate surface area is 146 Å². The first-order valence-corrected chi connectivity index (χ1v) is 7.92. The first kappa shape index (κ1) is 17.7. The topological polar surface area (TPSA) is 39.7 Å². The van der Waals surface area contributed by atoms with Gasteiger partial charge in [-0.05, 0) is 36.9 Å². The summed E-state index contributed by atoms with van der Waals surface area (Å²) in [5, 5.41) is 4.19. The van der Waals surface area contributed by atoms with Crippen molar-refractivity contribution in [1.29, 1.82) is 0 Å². The average molecular weight is 356 g/mol. The van der Waals surface area contributed by atoms with Crippen LogP contribution in [0.3, 0.4) is 0 Å². The highest BCUT2D eigenvalue weighted by Crippen LogP contribution is 2.29. The van der Waals surface area contributed by atoms with Gasteiger partial charge in [-0.25, -0.2) is 0 Å². The van der Waals surface area contributed by atoms with Gasteiger partial charge in [0.05, 0.1) is 12.1 Å². The molecule has 0 unspecified atom stereocenters. The average Bonchev–Trinajstić information content (AvgIpc) is 2.55. The summed E-state index contributed by atoms with van der Waals surface area (Å²) in [6.07, 6.45) is 0. The molecule has 4 nitrogen and oxygen atoms in total. The van der Waals surface area contributed by atoms with Gasteiger partial charge in [0.2, 0.25) is 0 Å². The smallest absolute Gasteiger partial charge is 0.161 e. The van der Waals surface area contributed by atoms with Crippen LogP contribution in [0, 0.1) is 0 Å². The number of hydrogen-bond acceptors (Lipinski definition) is 4. The summed E-state index contributed by atoms with van der Waals surface area (Å²) in [6, 6.07) is 10.9. The van der Waals surface area contributed by atoms with Gasteiger partial charge in [0.15, 0.2) is 11.5 Å². The predicted molar refractivity (Wildman–Crippen MR) is 93.2 cm³/mol. The van der Waals surface area contributed by atoms with E-state index >= 15 is 0 Å². The Morgan fingerprint density at radius 1 is 0.913 bits per heavy atom. The number of methoxy groups -OCH3 is 1. The summed E-state index contributed by atoms with van der Waals surface area (Å²) < 4.78 is 16.7. The summed E-state index contributed by atoms with van der Waals surface area (Å²) in [5.74, 6) is 1.91. The van der Waals surface area contributed by atoms with Gasteiger partial charge in [-0.3, -0.25) is 0 Å². The van der Waals surface area contributed by atoms with Gasteiger partial charge in [-0.2, -0.15) is 0 Å². The van der Waals surface area contributed by atoms with Crippen LogP contribution in [0.4, 0.5) is 0 Å². The summed E-state index contributed by atoms with van der Waals surface area (Å²) in [4.78, 5) is 0. The van der Waals surface area contributed by atoms with Crippen molar-refractivity contribution in [2.24, 2.45) is 0 Å². The standard InChI is InChI=1S/C17H19Cl2NO3/c1-20-11-12-3-6-15(21-2)17(9-12)23-8-7-22-16-10-13(18)4-5-14(16)19/h3-6,9-10,20H,7-8,11H2,1-2H3. The van der Waals surface area contributed by atoms with E-state index in [0.29, 0.717) is 40.5 Å². The maximum atomic E-state index is 6.04. The van der Waals surface area contributed by atoms with Crippen LogP contribution in [-0.4, -0.2) is 27.4 Å². The maximum absolute atomic E-state index is 6.04. The van der Waals surface area contributed by atoms with Crippen molar-refractivity contribution >= 4 is 23.2 Å². The second-order valence-corrected chi connectivity index (χ2v) is 5.63. The van der Waals surface area contributed by atoms with Crippen molar-refractivity contribution in [2.75, 3.05) is 27.4 Å². The molecule has 0 atom stereocenters. The van der Waals surface area contributed by atoms with Gasteiger partial charge in [0, 0.05) is 17.6 Å². The maximum Gasteiger partial charge on any atom is 0.161 e. The summed E-state index contributed by atoms with van der Waals surface area (Å²) in [5.41, 5.74) is 1.11. The Kier molecular flexibility index (Phi) is 6.84. The van der Waals surface area contributed by atoms with Crippen LogP contribution in [0.25, 0.3) is 0 Å². The van der Waals surface area contributed by atoms with Crippen molar-refractivity contribution in [3.63, 3.8) is 0 Å². The fraction of sp³-hybridized carbons (Fsp3) is 0.294. The van der Waals surface area contributed by atoms with Crippen LogP contribution >= 0.6 is 23.2 Å². The Bertz CT molecular complexity index is 650. The van der Waals surface area contributed by atoms with Crippen LogP contribution in [-0.2, 0) is 6.54 Å². The van der Waals surface area contributed by atoms with Crippen LogP contribution < -0.4 is 19.5 Å². The van der Waals surface area contributed by atoms with Gasteiger partial charge < -0.3 is 19.5 Å². The van der Waals surface area contributed by atoms with Gasteiger partial charge in [0.25, 0.3) is 0 Å². The van der Waals surface area contributed by atoms with E-state index in [1.54, 1.807) is 25.3 Å². The summed E-state index contributed by atoms with van der Waals surface area (Å²) >= 11 is 12.0. The van der Waals surface area contributed by atoms with E-state index in [0.717, 1.165) is 12.1 Å². The molecule has 0 saturated heterocycles. The molecule has 0 radical (unpaired) electrons. The van der Waals surface area contributed by atoms with E-state index in [2.05, 4.69) is 5.32 Å². The van der Waals surface area contributed by atoms with E-state index in [4.69, 9.17) is 37.4 Å². The minimum Gasteiger partial charge on any atom is -0.493 e. The van der Waals surface area contributed by atoms with Crippen molar-refractivity contribution in [1.82, 2.24) is 5.32 Å². The molecule has 6 heteroatoms. The molecule has 1 N–H and O–H groups in total. The van der Waals surface area contributed by atoms with Crippen LogP contribution in [0.2, 0.25) is 10.0 Å². The number of halogens is 2. The van der Waals surface area contributed by atoms with Gasteiger partial charge in [0.1, 0.15) is 19.0 Å². The molecule has 2 rings (SSSR count). The highest BCUT2D eigenvalue weighted by Gasteiger charge is 2.07. The highest BCUT2D eigenvalue weighted by atomic mass is 35.5. The predicted octanol–water partition coefficient (Wildman–Crippen LogP) is 4.18. The fourth-order valence-corrected chi connectivity index (χ4v) is 2.37. The van der Waals surface area contributed by atoms with E-state index < -0.39 is 0 Å². The normalized spacial score (nSPS) is 10.4. The third kappa shape index (κ3) is 5.20. The molecular formula is C17H19Cl2NO3. The van der Waals surface area contributed by atoms with Crippen molar-refractivity contribution < 1.29 is 14.2 Å². The van der Waals surface area contributed by atoms with E-state index in [9.17, 15) is 0 Å². The number of hydrogen-bond donors (Lipinski definition) is 1. The minimum absolute atomic E-state index is 0.347. The molecule has 2 aromatic carbocycles. The highest BCUT2D eigenvalue weighted by molar-refractivity contribution is 6.34. The molecule has 0 bridgehead atoms. The number of nitrogens with one attached hydrogen (secondary N) is 1. The Morgan fingerprint density at radius 3 is 2.35 bits per heavy atom. The monoisotopic (exact) mass is 355 g/mol. The molecular weight excluding hydrogens is 337 g/mol. The zero-order chi connectivity index (χ0) is 16.7. The number of rotatable bonds is 8. The molecule has 0 aliphatic carbocycles. The Balaban J connectivity index is 1.92. The second kappa shape index (κ2) is 8.87. The first-order valence-electron chi connectivity index (χ1n) is 7.16. The largest absolute Gasteiger partial charge is 0.493 e. The molecule has 0 aliphatic heterocycles. The third-order valence-corrected chi connectivity index (χ3v) is 3.65. The van der Waals surface area contributed by atoms with Gasteiger partial charge >= 0.3 is 0 Å². The molecule has 0 amide bonds. The minimum atomic E-state index is 0.347. The Morgan fingerprint density at radius 2 is 1.65 bits per heavy atom. The second-order valence-electron chi connectivity index (χ2n) is 4.79. The van der Waals surface area contributed by atoms with Crippen LogP contribution in [0.5, 0.6) is 17.2 Å². The lowest BCUT2D eigenvalue weighted by Crippen LogP contribution is -2.10. The fourth-order valence-electron chi connectivity index (χ4n) is 2.04. The quantitative estimate of drug-likeness (QED) is 0.721. The lowest BCUT2D eigenvalue weighted by Gasteiger charge is -2.13. The molecule has 124 valence electrons. The third-order valence-electron chi connectivity index (χ3n) is 3.10. The van der Waals surface area contributed by atoms with E-state index in [1.165, 1.54) is 0 Å². The zero-order valence-corrected chi connectivity index (χ0v) is 14.6. The van der Waals surface area contributed by atoms with Crippen molar-refractivity contribution in [3.8, 4) is 17.2 Å². The Hall–Kier alpha value is -1.62.